The maximum atomic E-state index is 13.0. The fourth-order valence-electron chi connectivity index (χ4n) is 6.22. The van der Waals surface area contributed by atoms with Crippen molar-refractivity contribution in [1.29, 1.82) is 0 Å². The standard InChI is InChI=1S/C21H28N2O2S/c24-19(23(18-1-2-18)12-14-3-4-26-13-14)11-22-20(25)21-8-15-5-16(9-21)7-17(6-15)10-21/h3-4,13,15-18H,1-2,5-12H2,(H,22,25). The van der Waals surface area contributed by atoms with Gasteiger partial charge in [0.1, 0.15) is 0 Å². The van der Waals surface area contributed by atoms with E-state index in [9.17, 15) is 9.59 Å². The number of hydrogen-bond donors (Lipinski definition) is 1. The zero-order chi connectivity index (χ0) is 17.7. The second-order valence-electron chi connectivity index (χ2n) is 9.26. The minimum atomic E-state index is -0.160. The highest BCUT2D eigenvalue weighted by atomic mass is 32.1. The van der Waals surface area contributed by atoms with Crippen molar-refractivity contribution in [3.8, 4) is 0 Å². The molecule has 0 radical (unpaired) electrons. The summed E-state index contributed by atoms with van der Waals surface area (Å²) in [5.41, 5.74) is 1.04. The maximum Gasteiger partial charge on any atom is 0.242 e. The van der Waals surface area contributed by atoms with Crippen molar-refractivity contribution >= 4 is 23.2 Å². The molecule has 5 saturated carbocycles. The third kappa shape index (κ3) is 3.08. The Hall–Kier alpha value is -1.36. The van der Waals surface area contributed by atoms with E-state index in [1.807, 2.05) is 4.90 Å². The molecule has 6 rings (SSSR count). The molecule has 5 aliphatic rings. The Balaban J connectivity index is 1.21. The second kappa shape index (κ2) is 6.36. The number of carbonyl (C=O) groups is 2. The van der Waals surface area contributed by atoms with Crippen LogP contribution in [0.2, 0.25) is 0 Å². The van der Waals surface area contributed by atoms with Crippen LogP contribution in [0.3, 0.4) is 0 Å². The van der Waals surface area contributed by atoms with Crippen molar-refractivity contribution in [2.45, 2.75) is 64.0 Å². The smallest absolute Gasteiger partial charge is 0.242 e. The van der Waals surface area contributed by atoms with Crippen molar-refractivity contribution in [1.82, 2.24) is 10.2 Å². The van der Waals surface area contributed by atoms with Crippen molar-refractivity contribution in [3.63, 3.8) is 0 Å². The lowest BCUT2D eigenvalue weighted by Crippen LogP contribution is -2.54. The third-order valence-electron chi connectivity index (χ3n) is 7.16. The molecule has 5 fully saturated rings. The minimum absolute atomic E-state index is 0.0804. The first-order chi connectivity index (χ1) is 12.6. The molecule has 4 bridgehead atoms. The van der Waals surface area contributed by atoms with Gasteiger partial charge in [0.05, 0.1) is 6.54 Å². The Kier molecular flexibility index (Phi) is 4.11. The van der Waals surface area contributed by atoms with Gasteiger partial charge >= 0.3 is 0 Å². The van der Waals surface area contributed by atoms with Gasteiger partial charge in [-0.15, -0.1) is 0 Å². The van der Waals surface area contributed by atoms with Crippen LogP contribution in [-0.2, 0) is 16.1 Å². The van der Waals surface area contributed by atoms with Crippen LogP contribution in [0, 0.1) is 23.2 Å². The van der Waals surface area contributed by atoms with Gasteiger partial charge in [0.2, 0.25) is 11.8 Å². The molecule has 1 aromatic rings. The van der Waals surface area contributed by atoms with E-state index in [1.54, 1.807) is 11.3 Å². The van der Waals surface area contributed by atoms with E-state index < -0.39 is 0 Å². The molecule has 1 aromatic heterocycles. The topological polar surface area (TPSA) is 49.4 Å². The van der Waals surface area contributed by atoms with Crippen LogP contribution in [0.1, 0.15) is 56.9 Å². The summed E-state index contributed by atoms with van der Waals surface area (Å²) >= 11 is 1.67. The van der Waals surface area contributed by atoms with Crippen molar-refractivity contribution in [2.75, 3.05) is 6.54 Å². The van der Waals surface area contributed by atoms with Gasteiger partial charge in [0.25, 0.3) is 0 Å². The molecule has 5 heteroatoms. The monoisotopic (exact) mass is 372 g/mol. The maximum absolute atomic E-state index is 13.0. The van der Waals surface area contributed by atoms with E-state index in [1.165, 1.54) is 24.8 Å². The van der Waals surface area contributed by atoms with Gasteiger partial charge in [0, 0.05) is 18.0 Å². The zero-order valence-corrected chi connectivity index (χ0v) is 16.1. The summed E-state index contributed by atoms with van der Waals surface area (Å²) in [5, 5.41) is 7.22. The molecule has 26 heavy (non-hydrogen) atoms. The van der Waals surface area contributed by atoms with Gasteiger partial charge in [-0.1, -0.05) is 0 Å². The molecule has 4 nitrogen and oxygen atoms in total. The van der Waals surface area contributed by atoms with Crippen molar-refractivity contribution < 1.29 is 9.59 Å². The molecule has 2 amide bonds. The lowest BCUT2D eigenvalue weighted by atomic mass is 9.49. The second-order valence-corrected chi connectivity index (χ2v) is 10.0. The fraction of sp³-hybridized carbons (Fsp3) is 0.714. The molecule has 0 spiro atoms. The Bertz CT molecular complexity index is 660. The van der Waals surface area contributed by atoms with Crippen LogP contribution in [0.5, 0.6) is 0 Å². The van der Waals surface area contributed by atoms with Gasteiger partial charge in [0.15, 0.2) is 0 Å². The van der Waals surface area contributed by atoms with Crippen LogP contribution in [-0.4, -0.2) is 29.3 Å². The first-order valence-electron chi connectivity index (χ1n) is 10.2. The molecular formula is C21H28N2O2S. The van der Waals surface area contributed by atoms with E-state index in [2.05, 4.69) is 22.1 Å². The number of thiophene rings is 1. The van der Waals surface area contributed by atoms with Gasteiger partial charge < -0.3 is 10.2 Å². The molecular weight excluding hydrogens is 344 g/mol. The molecule has 1 N–H and O–H groups in total. The highest BCUT2D eigenvalue weighted by molar-refractivity contribution is 7.07. The molecule has 5 aliphatic carbocycles. The predicted molar refractivity (Wildman–Crippen MR) is 102 cm³/mol. The number of amides is 2. The first kappa shape index (κ1) is 16.8. The molecule has 140 valence electrons. The van der Waals surface area contributed by atoms with Gasteiger partial charge in [-0.3, -0.25) is 9.59 Å². The summed E-state index contributed by atoms with van der Waals surface area (Å²) in [4.78, 5) is 27.8. The van der Waals surface area contributed by atoms with E-state index >= 15 is 0 Å². The summed E-state index contributed by atoms with van der Waals surface area (Å²) in [7, 11) is 0. The van der Waals surface area contributed by atoms with E-state index in [0.29, 0.717) is 12.6 Å². The number of nitrogens with one attached hydrogen (secondary N) is 1. The number of rotatable bonds is 6. The highest BCUT2D eigenvalue weighted by Crippen LogP contribution is 2.60. The average Bonchev–Trinajstić information content (AvgIpc) is 3.32. The SMILES string of the molecule is O=C(CNC(=O)C12CC3CC(CC(C3)C1)C2)N(Cc1ccsc1)C1CC1. The zero-order valence-electron chi connectivity index (χ0n) is 15.3. The van der Waals surface area contributed by atoms with E-state index in [-0.39, 0.29) is 23.8 Å². The number of nitrogens with zero attached hydrogens (tertiary/aromatic N) is 1. The Morgan fingerprint density at radius 2 is 1.77 bits per heavy atom. The lowest BCUT2D eigenvalue weighted by Gasteiger charge is -2.55. The van der Waals surface area contributed by atoms with Gasteiger partial charge in [-0.05, 0) is 91.5 Å². The van der Waals surface area contributed by atoms with Crippen molar-refractivity contribution in [3.05, 3.63) is 22.4 Å². The summed E-state index contributed by atoms with van der Waals surface area (Å²) in [5.74, 6) is 2.51. The Morgan fingerprint density at radius 3 is 2.31 bits per heavy atom. The van der Waals surface area contributed by atoms with E-state index in [0.717, 1.165) is 49.9 Å². The summed E-state index contributed by atoms with van der Waals surface area (Å²) in [6, 6.07) is 2.46. The molecule has 1 heterocycles. The summed E-state index contributed by atoms with van der Waals surface area (Å²) in [6.07, 6.45) is 9.36. The van der Waals surface area contributed by atoms with Gasteiger partial charge in [-0.2, -0.15) is 11.3 Å². The van der Waals surface area contributed by atoms with E-state index in [4.69, 9.17) is 0 Å². The Morgan fingerprint density at radius 1 is 1.12 bits per heavy atom. The summed E-state index contributed by atoms with van der Waals surface area (Å²) < 4.78 is 0. The minimum Gasteiger partial charge on any atom is -0.347 e. The quantitative estimate of drug-likeness (QED) is 0.830. The Labute approximate surface area is 159 Å². The third-order valence-corrected chi connectivity index (χ3v) is 7.89. The molecule has 0 saturated heterocycles. The van der Waals surface area contributed by atoms with Gasteiger partial charge in [-0.25, -0.2) is 0 Å². The fourth-order valence-corrected chi connectivity index (χ4v) is 6.88. The van der Waals surface area contributed by atoms with Crippen LogP contribution >= 0.6 is 11.3 Å². The number of hydrogen-bond acceptors (Lipinski definition) is 3. The molecule has 0 unspecified atom stereocenters. The largest absolute Gasteiger partial charge is 0.347 e. The first-order valence-corrected chi connectivity index (χ1v) is 11.1. The summed E-state index contributed by atoms with van der Waals surface area (Å²) in [6.45, 7) is 0.849. The lowest BCUT2D eigenvalue weighted by molar-refractivity contribution is -0.148. The van der Waals surface area contributed by atoms with Crippen LogP contribution in [0.25, 0.3) is 0 Å². The number of carbonyl (C=O) groups excluding carboxylic acids is 2. The van der Waals surface area contributed by atoms with Crippen molar-refractivity contribution in [2.24, 2.45) is 23.2 Å². The molecule has 0 atom stereocenters. The highest BCUT2D eigenvalue weighted by Gasteiger charge is 2.54. The predicted octanol–water partition coefficient (Wildman–Crippen LogP) is 3.57. The molecule has 0 aliphatic heterocycles. The van der Waals surface area contributed by atoms with Crippen LogP contribution in [0.4, 0.5) is 0 Å². The van der Waals surface area contributed by atoms with Crippen LogP contribution in [0.15, 0.2) is 16.8 Å². The van der Waals surface area contributed by atoms with Crippen LogP contribution < -0.4 is 5.32 Å². The normalized spacial score (nSPS) is 34.7. The molecule has 0 aromatic carbocycles. The average molecular weight is 373 g/mol.